The third-order valence-electron chi connectivity index (χ3n) is 5.39. The minimum Gasteiger partial charge on any atom is -0.352 e. The maximum absolute atomic E-state index is 12.1. The number of hydrogen-bond donors (Lipinski definition) is 0. The molecule has 3 aromatic rings. The predicted molar refractivity (Wildman–Crippen MR) is 115 cm³/mol. The summed E-state index contributed by atoms with van der Waals surface area (Å²) in [5.41, 5.74) is 3.35. The number of thiophene rings is 1. The molecule has 0 saturated carbocycles. The van der Waals surface area contributed by atoms with Crippen molar-refractivity contribution in [3.8, 4) is 0 Å². The van der Waals surface area contributed by atoms with Gasteiger partial charge in [0.15, 0.2) is 0 Å². The number of rotatable bonds is 5. The van der Waals surface area contributed by atoms with Crippen LogP contribution in [0.2, 0.25) is 0 Å². The summed E-state index contributed by atoms with van der Waals surface area (Å²) in [5.74, 6) is 1.07. The fourth-order valence-corrected chi connectivity index (χ4v) is 5.10. The molecule has 0 bridgehead atoms. The molecule has 1 aliphatic rings. The van der Waals surface area contributed by atoms with Gasteiger partial charge in [0.1, 0.15) is 17.0 Å². The van der Waals surface area contributed by atoms with Gasteiger partial charge in [-0.25, -0.2) is 9.97 Å². The molecule has 0 fully saturated rings. The highest BCUT2D eigenvalue weighted by atomic mass is 32.1. The van der Waals surface area contributed by atoms with Gasteiger partial charge in [-0.15, -0.1) is 11.3 Å². The minimum absolute atomic E-state index is 0.0290. The van der Waals surface area contributed by atoms with Crippen LogP contribution in [0.25, 0.3) is 10.2 Å². The van der Waals surface area contributed by atoms with Crippen molar-refractivity contribution in [2.24, 2.45) is 0 Å². The molecule has 1 amide bonds. The largest absolute Gasteiger partial charge is 0.352 e. The van der Waals surface area contributed by atoms with E-state index in [-0.39, 0.29) is 5.91 Å². The molecule has 4 rings (SSSR count). The number of carbonyl (C=O) groups excluding carboxylic acids is 1. The van der Waals surface area contributed by atoms with Crippen LogP contribution in [-0.2, 0) is 19.4 Å². The van der Waals surface area contributed by atoms with Crippen molar-refractivity contribution in [1.82, 2.24) is 14.9 Å². The standard InChI is InChI=1S/C22H26N4OS/c1-4-26(13-15-9-11-16(12-10-15)22(27)25(2)3)20-19-17-7-5-6-8-18(17)28-21(19)24-14-23-20/h9-12,14H,4-8,13H2,1-3H3. The Kier molecular flexibility index (Phi) is 5.31. The Labute approximate surface area is 170 Å². The SMILES string of the molecule is CCN(Cc1ccc(C(=O)N(C)C)cc1)c1ncnc2sc3c(c12)CCCC3. The fraction of sp³-hybridized carbons (Fsp3) is 0.409. The third kappa shape index (κ3) is 3.49. The van der Waals surface area contributed by atoms with Crippen molar-refractivity contribution < 1.29 is 4.79 Å². The van der Waals surface area contributed by atoms with Crippen LogP contribution in [0.4, 0.5) is 5.82 Å². The topological polar surface area (TPSA) is 49.3 Å². The van der Waals surface area contributed by atoms with E-state index in [1.165, 1.54) is 40.7 Å². The zero-order valence-electron chi connectivity index (χ0n) is 16.7. The molecule has 5 nitrogen and oxygen atoms in total. The second-order valence-electron chi connectivity index (χ2n) is 7.50. The van der Waals surface area contributed by atoms with Crippen LogP contribution < -0.4 is 4.90 Å². The van der Waals surface area contributed by atoms with Crippen molar-refractivity contribution in [3.63, 3.8) is 0 Å². The molecule has 0 unspecified atom stereocenters. The van der Waals surface area contributed by atoms with E-state index in [1.54, 1.807) is 25.3 Å². The molecule has 28 heavy (non-hydrogen) atoms. The molecular weight excluding hydrogens is 368 g/mol. The first-order valence-electron chi connectivity index (χ1n) is 9.89. The van der Waals surface area contributed by atoms with Gasteiger partial charge in [-0.05, 0) is 55.9 Å². The normalized spacial score (nSPS) is 13.4. The van der Waals surface area contributed by atoms with Crippen LogP contribution in [0.15, 0.2) is 30.6 Å². The minimum atomic E-state index is 0.0290. The van der Waals surface area contributed by atoms with Crippen LogP contribution in [0, 0.1) is 0 Å². The van der Waals surface area contributed by atoms with Crippen LogP contribution in [0.5, 0.6) is 0 Å². The van der Waals surface area contributed by atoms with Gasteiger partial charge < -0.3 is 9.80 Å². The van der Waals surface area contributed by atoms with E-state index in [9.17, 15) is 4.79 Å². The first kappa shape index (κ1) is 18.9. The summed E-state index contributed by atoms with van der Waals surface area (Å²) in [4.78, 5) is 27.9. The Hall–Kier alpha value is -2.47. The summed E-state index contributed by atoms with van der Waals surface area (Å²) in [6, 6.07) is 7.91. The Morgan fingerprint density at radius 2 is 1.86 bits per heavy atom. The molecule has 2 heterocycles. The summed E-state index contributed by atoms with van der Waals surface area (Å²) in [7, 11) is 3.55. The molecule has 0 saturated heterocycles. The van der Waals surface area contributed by atoms with Crippen molar-refractivity contribution >= 4 is 33.3 Å². The lowest BCUT2D eigenvalue weighted by Crippen LogP contribution is -2.24. The van der Waals surface area contributed by atoms with Crippen molar-refractivity contribution in [3.05, 3.63) is 52.2 Å². The maximum Gasteiger partial charge on any atom is 0.253 e. The Morgan fingerprint density at radius 1 is 1.11 bits per heavy atom. The number of carbonyl (C=O) groups is 1. The number of amides is 1. The summed E-state index contributed by atoms with van der Waals surface area (Å²) >= 11 is 1.84. The fourth-order valence-electron chi connectivity index (χ4n) is 3.88. The van der Waals surface area contributed by atoms with E-state index in [2.05, 4.69) is 21.8 Å². The average Bonchev–Trinajstić information content (AvgIpc) is 3.10. The maximum atomic E-state index is 12.1. The highest BCUT2D eigenvalue weighted by molar-refractivity contribution is 7.19. The number of aryl methyl sites for hydroxylation is 2. The summed E-state index contributed by atoms with van der Waals surface area (Å²) in [5, 5.41) is 1.25. The summed E-state index contributed by atoms with van der Waals surface area (Å²) in [6.07, 6.45) is 6.53. The van der Waals surface area contributed by atoms with E-state index in [0.717, 1.165) is 30.2 Å². The highest BCUT2D eigenvalue weighted by Gasteiger charge is 2.22. The molecule has 0 atom stereocenters. The monoisotopic (exact) mass is 394 g/mol. The molecule has 0 radical (unpaired) electrons. The van der Waals surface area contributed by atoms with Crippen LogP contribution in [0.3, 0.4) is 0 Å². The smallest absolute Gasteiger partial charge is 0.253 e. The third-order valence-corrected chi connectivity index (χ3v) is 6.59. The van der Waals surface area contributed by atoms with E-state index >= 15 is 0 Å². The Bertz CT molecular complexity index is 994. The lowest BCUT2D eigenvalue weighted by atomic mass is 9.97. The number of nitrogens with zero attached hydrogens (tertiary/aromatic N) is 4. The second kappa shape index (κ2) is 7.87. The second-order valence-corrected chi connectivity index (χ2v) is 8.58. The van der Waals surface area contributed by atoms with E-state index < -0.39 is 0 Å². The van der Waals surface area contributed by atoms with Crippen LogP contribution in [-0.4, -0.2) is 41.4 Å². The number of anilines is 1. The quantitative estimate of drug-likeness (QED) is 0.647. The van der Waals surface area contributed by atoms with Crippen LogP contribution >= 0.6 is 11.3 Å². The molecule has 2 aromatic heterocycles. The molecule has 6 heteroatoms. The zero-order chi connectivity index (χ0) is 19.7. The number of fused-ring (bicyclic) bond motifs is 3. The predicted octanol–water partition coefficient (Wildman–Crippen LogP) is 4.30. The van der Waals surface area contributed by atoms with E-state index in [4.69, 9.17) is 0 Å². The van der Waals surface area contributed by atoms with Crippen LogP contribution in [0.1, 0.15) is 46.1 Å². The Morgan fingerprint density at radius 3 is 2.57 bits per heavy atom. The highest BCUT2D eigenvalue weighted by Crippen LogP contribution is 2.39. The summed E-state index contributed by atoms with van der Waals surface area (Å²) in [6.45, 7) is 3.80. The van der Waals surface area contributed by atoms with Gasteiger partial charge >= 0.3 is 0 Å². The van der Waals surface area contributed by atoms with Gasteiger partial charge in [0.2, 0.25) is 0 Å². The van der Waals surface area contributed by atoms with Crippen molar-refractivity contribution in [2.45, 2.75) is 39.2 Å². The molecule has 0 aliphatic heterocycles. The molecular formula is C22H26N4OS. The molecule has 0 N–H and O–H groups in total. The molecule has 1 aromatic carbocycles. The van der Waals surface area contributed by atoms with E-state index in [0.29, 0.717) is 5.56 Å². The van der Waals surface area contributed by atoms with Gasteiger partial charge in [0.25, 0.3) is 5.91 Å². The first-order valence-corrected chi connectivity index (χ1v) is 10.7. The molecule has 146 valence electrons. The van der Waals surface area contributed by atoms with Gasteiger partial charge in [0, 0.05) is 37.6 Å². The van der Waals surface area contributed by atoms with Gasteiger partial charge in [-0.2, -0.15) is 0 Å². The lowest BCUT2D eigenvalue weighted by Gasteiger charge is -2.24. The number of hydrogen-bond acceptors (Lipinski definition) is 5. The van der Waals surface area contributed by atoms with E-state index in [1.807, 2.05) is 35.6 Å². The number of benzene rings is 1. The molecule has 1 aliphatic carbocycles. The van der Waals surface area contributed by atoms with Gasteiger partial charge in [0.05, 0.1) is 5.39 Å². The van der Waals surface area contributed by atoms with Crippen molar-refractivity contribution in [2.75, 3.05) is 25.5 Å². The van der Waals surface area contributed by atoms with Gasteiger partial charge in [-0.3, -0.25) is 4.79 Å². The van der Waals surface area contributed by atoms with Gasteiger partial charge in [-0.1, -0.05) is 12.1 Å². The average molecular weight is 395 g/mol. The first-order chi connectivity index (χ1) is 13.6. The number of aromatic nitrogens is 2. The lowest BCUT2D eigenvalue weighted by molar-refractivity contribution is 0.0827. The zero-order valence-corrected chi connectivity index (χ0v) is 17.6. The Balaban J connectivity index is 1.65. The summed E-state index contributed by atoms with van der Waals surface area (Å²) < 4.78 is 0. The molecule has 0 spiro atoms. The van der Waals surface area contributed by atoms with Crippen molar-refractivity contribution in [1.29, 1.82) is 0 Å².